The van der Waals surface area contributed by atoms with Crippen LogP contribution >= 0.6 is 0 Å². The van der Waals surface area contributed by atoms with E-state index in [0.29, 0.717) is 19.3 Å². The first-order valence-electron chi connectivity index (χ1n) is 31.3. The van der Waals surface area contributed by atoms with Crippen molar-refractivity contribution in [2.24, 2.45) is 0 Å². The Hall–Kier alpha value is -2.11. The van der Waals surface area contributed by atoms with Crippen LogP contribution in [0.2, 0.25) is 0 Å². The minimum atomic E-state index is -0.769. The van der Waals surface area contributed by atoms with Crippen molar-refractivity contribution in [3.63, 3.8) is 0 Å². The highest BCUT2D eigenvalue weighted by molar-refractivity contribution is 5.71. The molecule has 0 heterocycles. The summed E-state index contributed by atoms with van der Waals surface area (Å²) in [5, 5.41) is 0. The van der Waals surface area contributed by atoms with E-state index in [2.05, 4.69) is 45.1 Å². The van der Waals surface area contributed by atoms with Crippen molar-refractivity contribution in [3.8, 4) is 0 Å². The van der Waals surface area contributed by atoms with Crippen LogP contribution < -0.4 is 0 Å². The predicted molar refractivity (Wildman–Crippen MR) is 303 cm³/mol. The Balaban J connectivity index is 4.06. The molecular weight excluding hydrogens is 865 g/mol. The highest BCUT2D eigenvalue weighted by Gasteiger charge is 2.19. The third-order valence-electron chi connectivity index (χ3n) is 14.2. The van der Waals surface area contributed by atoms with E-state index in [0.717, 1.165) is 64.2 Å². The molecule has 0 amide bonds. The fourth-order valence-corrected chi connectivity index (χ4v) is 9.42. The minimum Gasteiger partial charge on any atom is -0.462 e. The summed E-state index contributed by atoms with van der Waals surface area (Å²) in [6.45, 7) is 6.64. The minimum absolute atomic E-state index is 0.0685. The van der Waals surface area contributed by atoms with Crippen LogP contribution in [0.1, 0.15) is 348 Å². The van der Waals surface area contributed by atoms with Crippen molar-refractivity contribution >= 4 is 17.9 Å². The number of carbonyl (C=O) groups is 3. The van der Waals surface area contributed by atoms with Crippen LogP contribution in [0, 0.1) is 0 Å². The number of esters is 3. The van der Waals surface area contributed by atoms with E-state index < -0.39 is 6.10 Å². The van der Waals surface area contributed by atoms with E-state index in [1.807, 2.05) is 0 Å². The molecule has 0 aliphatic heterocycles. The summed E-state index contributed by atoms with van der Waals surface area (Å²) in [5.74, 6) is -0.858. The lowest BCUT2D eigenvalue weighted by Gasteiger charge is -2.18. The van der Waals surface area contributed by atoms with Gasteiger partial charge in [-0.25, -0.2) is 0 Å². The van der Waals surface area contributed by atoms with Crippen LogP contribution in [0.15, 0.2) is 24.3 Å². The Morgan fingerprint density at radius 1 is 0.271 bits per heavy atom. The van der Waals surface area contributed by atoms with Crippen molar-refractivity contribution in [1.82, 2.24) is 0 Å². The smallest absolute Gasteiger partial charge is 0.306 e. The van der Waals surface area contributed by atoms with Gasteiger partial charge in [0.05, 0.1) is 0 Å². The predicted octanol–water partition coefficient (Wildman–Crippen LogP) is 21.1. The van der Waals surface area contributed by atoms with Crippen LogP contribution in [0.4, 0.5) is 0 Å². The largest absolute Gasteiger partial charge is 0.462 e. The highest BCUT2D eigenvalue weighted by Crippen LogP contribution is 2.17. The number of ether oxygens (including phenoxy) is 3. The molecule has 0 spiro atoms. The van der Waals surface area contributed by atoms with E-state index in [-0.39, 0.29) is 31.1 Å². The first-order valence-corrected chi connectivity index (χ1v) is 31.3. The normalized spacial score (nSPS) is 12.1. The van der Waals surface area contributed by atoms with Gasteiger partial charge in [-0.3, -0.25) is 14.4 Å². The van der Waals surface area contributed by atoms with Crippen LogP contribution in [-0.4, -0.2) is 37.2 Å². The lowest BCUT2D eigenvalue weighted by molar-refractivity contribution is -0.167. The maximum atomic E-state index is 12.8. The van der Waals surface area contributed by atoms with Gasteiger partial charge < -0.3 is 14.2 Å². The van der Waals surface area contributed by atoms with Crippen LogP contribution in [0.3, 0.4) is 0 Å². The molecule has 70 heavy (non-hydrogen) atoms. The fraction of sp³-hybridized carbons (Fsp3) is 0.891. The van der Waals surface area contributed by atoms with Crippen LogP contribution in [0.25, 0.3) is 0 Å². The van der Waals surface area contributed by atoms with Crippen molar-refractivity contribution in [3.05, 3.63) is 24.3 Å². The average molecular weight is 986 g/mol. The Morgan fingerprint density at radius 2 is 0.486 bits per heavy atom. The van der Waals surface area contributed by atoms with Gasteiger partial charge in [0.2, 0.25) is 0 Å². The molecule has 1 atom stereocenters. The molecule has 0 aliphatic carbocycles. The molecule has 0 N–H and O–H groups in total. The second-order valence-electron chi connectivity index (χ2n) is 21.3. The summed E-state index contributed by atoms with van der Waals surface area (Å²) in [6, 6.07) is 0. The Kier molecular flexibility index (Phi) is 57.7. The summed E-state index contributed by atoms with van der Waals surface area (Å²) in [6.07, 6.45) is 70.6. The van der Waals surface area contributed by atoms with Crippen LogP contribution in [-0.2, 0) is 28.6 Å². The molecule has 412 valence electrons. The molecule has 0 aromatic heterocycles. The molecule has 1 unspecified atom stereocenters. The third kappa shape index (κ3) is 56.8. The summed E-state index contributed by atoms with van der Waals surface area (Å²) in [7, 11) is 0. The van der Waals surface area contributed by atoms with Crippen LogP contribution in [0.5, 0.6) is 0 Å². The number of allylic oxidation sites excluding steroid dienone is 4. The molecule has 0 aliphatic rings. The van der Waals surface area contributed by atoms with Crippen molar-refractivity contribution in [1.29, 1.82) is 0 Å². The van der Waals surface area contributed by atoms with Gasteiger partial charge in [0.1, 0.15) is 13.2 Å². The first kappa shape index (κ1) is 67.9. The number of carbonyl (C=O) groups excluding carboxylic acids is 3. The monoisotopic (exact) mass is 985 g/mol. The zero-order valence-electron chi connectivity index (χ0n) is 47.3. The Bertz CT molecular complexity index is 1130. The van der Waals surface area contributed by atoms with Gasteiger partial charge in [-0.2, -0.15) is 0 Å². The maximum Gasteiger partial charge on any atom is 0.306 e. The zero-order chi connectivity index (χ0) is 50.7. The Morgan fingerprint density at radius 3 is 0.757 bits per heavy atom. The number of hydrogen-bond donors (Lipinski definition) is 0. The Labute approximate surface area is 436 Å². The van der Waals surface area contributed by atoms with E-state index in [1.54, 1.807) is 0 Å². The fourth-order valence-electron chi connectivity index (χ4n) is 9.42. The van der Waals surface area contributed by atoms with Gasteiger partial charge in [0.25, 0.3) is 0 Å². The van der Waals surface area contributed by atoms with E-state index in [4.69, 9.17) is 14.2 Å². The molecule has 0 bridgehead atoms. The lowest BCUT2D eigenvalue weighted by Crippen LogP contribution is -2.30. The highest BCUT2D eigenvalue weighted by atomic mass is 16.6. The summed E-state index contributed by atoms with van der Waals surface area (Å²) in [4.78, 5) is 38.1. The number of hydrogen-bond acceptors (Lipinski definition) is 6. The maximum absolute atomic E-state index is 12.8. The second kappa shape index (κ2) is 59.5. The molecular formula is C64H120O6. The summed E-state index contributed by atoms with van der Waals surface area (Å²) < 4.78 is 16.9. The molecule has 0 aromatic rings. The SMILES string of the molecule is CCCC/C=C\CCCCCCCC(=O)OCC(COC(=O)CCCCCCCCCCCCCCCCCCC/C=C\CCCCCCCCCC)OC(=O)CCCCCCCCCCCCCC. The quantitative estimate of drug-likeness (QED) is 0.0261. The zero-order valence-corrected chi connectivity index (χ0v) is 47.3. The molecule has 0 fully saturated rings. The molecule has 0 radical (unpaired) electrons. The summed E-state index contributed by atoms with van der Waals surface area (Å²) >= 11 is 0. The molecule has 6 heteroatoms. The van der Waals surface area contributed by atoms with E-state index >= 15 is 0 Å². The second-order valence-corrected chi connectivity index (χ2v) is 21.3. The molecule has 6 nitrogen and oxygen atoms in total. The van der Waals surface area contributed by atoms with Crippen molar-refractivity contribution < 1.29 is 28.6 Å². The topological polar surface area (TPSA) is 78.9 Å². The van der Waals surface area contributed by atoms with Gasteiger partial charge in [-0.1, -0.05) is 289 Å². The standard InChI is InChI=1S/C64H120O6/c1-4-7-10-13-16-19-22-24-25-26-27-28-29-30-31-32-33-34-35-36-37-38-39-40-43-45-48-51-54-57-63(66)69-60-61(59-68-62(65)56-53-50-47-44-41-21-18-15-12-9-6-3)70-64(67)58-55-52-49-46-42-23-20-17-14-11-8-5-2/h15,18,26-27,61H,4-14,16-17,19-25,28-60H2,1-3H3/b18-15-,27-26-. The van der Waals surface area contributed by atoms with Crippen molar-refractivity contribution in [2.75, 3.05) is 13.2 Å². The molecule has 0 saturated heterocycles. The lowest BCUT2D eigenvalue weighted by atomic mass is 10.0. The molecule has 0 rings (SSSR count). The van der Waals surface area contributed by atoms with Gasteiger partial charge in [-0.05, 0) is 64.2 Å². The average Bonchev–Trinajstić information content (AvgIpc) is 3.36. The van der Waals surface area contributed by atoms with E-state index in [1.165, 1.54) is 244 Å². The third-order valence-corrected chi connectivity index (χ3v) is 14.2. The first-order chi connectivity index (χ1) is 34.5. The number of rotatable bonds is 58. The molecule has 0 saturated carbocycles. The van der Waals surface area contributed by atoms with Gasteiger partial charge >= 0.3 is 17.9 Å². The molecule has 0 aromatic carbocycles. The van der Waals surface area contributed by atoms with Crippen molar-refractivity contribution in [2.45, 2.75) is 354 Å². The summed E-state index contributed by atoms with van der Waals surface area (Å²) in [5.41, 5.74) is 0. The van der Waals surface area contributed by atoms with Gasteiger partial charge in [0, 0.05) is 19.3 Å². The van der Waals surface area contributed by atoms with Gasteiger partial charge in [0.15, 0.2) is 6.10 Å². The number of unbranched alkanes of at least 4 members (excludes halogenated alkanes) is 43. The van der Waals surface area contributed by atoms with E-state index in [9.17, 15) is 14.4 Å². The van der Waals surface area contributed by atoms with Gasteiger partial charge in [-0.15, -0.1) is 0 Å².